The molecule has 1 N–H and O–H groups in total. The van der Waals surface area contributed by atoms with Crippen LogP contribution in [0.3, 0.4) is 0 Å². The van der Waals surface area contributed by atoms with Crippen molar-refractivity contribution in [2.75, 3.05) is 6.26 Å². The van der Waals surface area contributed by atoms with E-state index in [1.807, 2.05) is 0 Å². The third kappa shape index (κ3) is 2.52. The van der Waals surface area contributed by atoms with E-state index in [2.05, 4.69) is 9.97 Å². The van der Waals surface area contributed by atoms with Gasteiger partial charge >= 0.3 is 0 Å². The lowest BCUT2D eigenvalue weighted by molar-refractivity contribution is 0.510. The second-order valence-corrected chi connectivity index (χ2v) is 6.68. The summed E-state index contributed by atoms with van der Waals surface area (Å²) in [4.78, 5) is 7.23. The lowest BCUT2D eigenvalue weighted by Gasteiger charge is -1.99. The van der Waals surface area contributed by atoms with E-state index in [-0.39, 0.29) is 4.90 Å². The third-order valence-corrected chi connectivity index (χ3v) is 4.21. The fourth-order valence-electron chi connectivity index (χ4n) is 2.00. The van der Waals surface area contributed by atoms with E-state index < -0.39 is 21.5 Å². The first-order valence-electron chi connectivity index (χ1n) is 6.00. The van der Waals surface area contributed by atoms with Gasteiger partial charge in [-0.3, -0.25) is 0 Å². The molecule has 2 aromatic carbocycles. The number of sulfone groups is 1. The zero-order valence-corrected chi connectivity index (χ0v) is 11.7. The summed E-state index contributed by atoms with van der Waals surface area (Å²) in [5.74, 6) is -1.51. The maximum absolute atomic E-state index is 13.2. The number of hydrogen-bond donors (Lipinski definition) is 1. The van der Waals surface area contributed by atoms with Crippen LogP contribution in [0.25, 0.3) is 22.4 Å². The summed E-state index contributed by atoms with van der Waals surface area (Å²) >= 11 is 0. The average Bonchev–Trinajstić information content (AvgIpc) is 2.81. The number of fused-ring (bicyclic) bond motifs is 1. The molecule has 0 aliphatic carbocycles. The van der Waals surface area contributed by atoms with Crippen LogP contribution in [0.2, 0.25) is 0 Å². The molecule has 0 fully saturated rings. The maximum atomic E-state index is 13.2. The van der Waals surface area contributed by atoms with Crippen LogP contribution in [0.5, 0.6) is 0 Å². The zero-order chi connectivity index (χ0) is 15.2. The van der Waals surface area contributed by atoms with Gasteiger partial charge in [0.05, 0.1) is 15.9 Å². The molecule has 0 radical (unpaired) electrons. The summed E-state index contributed by atoms with van der Waals surface area (Å²) in [5.41, 5.74) is 1.30. The van der Waals surface area contributed by atoms with Crippen molar-refractivity contribution in [1.82, 2.24) is 9.97 Å². The summed E-state index contributed by atoms with van der Waals surface area (Å²) in [6, 6.07) is 8.13. The molecule has 0 amide bonds. The minimum atomic E-state index is -3.27. The van der Waals surface area contributed by atoms with Crippen LogP contribution in [0.1, 0.15) is 0 Å². The average molecular weight is 308 g/mol. The number of imidazole rings is 1. The van der Waals surface area contributed by atoms with Crippen LogP contribution in [-0.4, -0.2) is 24.6 Å². The van der Waals surface area contributed by atoms with Crippen molar-refractivity contribution >= 4 is 20.9 Å². The minimum absolute atomic E-state index is 0.194. The van der Waals surface area contributed by atoms with Gasteiger partial charge < -0.3 is 4.98 Å². The molecule has 0 saturated heterocycles. The Balaban J connectivity index is 2.08. The molecule has 7 heteroatoms. The molecule has 108 valence electrons. The highest BCUT2D eigenvalue weighted by atomic mass is 32.2. The summed E-state index contributed by atoms with van der Waals surface area (Å²) in [7, 11) is -3.27. The van der Waals surface area contributed by atoms with Crippen molar-refractivity contribution < 1.29 is 17.2 Å². The van der Waals surface area contributed by atoms with Crippen molar-refractivity contribution in [2.24, 2.45) is 0 Å². The standard InChI is InChI=1S/C14H10F2N2O2S/c1-21(19,20)9-4-2-8(3-5-9)14-17-12-6-10(15)11(16)7-13(12)18-14/h2-7H,1H3,(H,17,18). The Hall–Kier alpha value is -2.28. The van der Waals surface area contributed by atoms with Gasteiger partial charge in [-0.2, -0.15) is 0 Å². The lowest BCUT2D eigenvalue weighted by Crippen LogP contribution is -1.96. The number of nitrogens with one attached hydrogen (secondary N) is 1. The Bertz CT molecular complexity index is 893. The van der Waals surface area contributed by atoms with E-state index in [1.165, 1.54) is 12.1 Å². The highest BCUT2D eigenvalue weighted by Gasteiger charge is 2.11. The molecular formula is C14H10F2N2O2S. The molecular weight excluding hydrogens is 298 g/mol. The fraction of sp³-hybridized carbons (Fsp3) is 0.0714. The summed E-state index contributed by atoms with van der Waals surface area (Å²) in [6.07, 6.45) is 1.12. The lowest BCUT2D eigenvalue weighted by atomic mass is 10.2. The van der Waals surface area contributed by atoms with Crippen molar-refractivity contribution in [2.45, 2.75) is 4.90 Å². The largest absolute Gasteiger partial charge is 0.338 e. The number of hydrogen-bond acceptors (Lipinski definition) is 3. The van der Waals surface area contributed by atoms with Crippen molar-refractivity contribution in [3.63, 3.8) is 0 Å². The van der Waals surface area contributed by atoms with Crippen LogP contribution < -0.4 is 0 Å². The van der Waals surface area contributed by atoms with Gasteiger partial charge in [0.25, 0.3) is 0 Å². The van der Waals surface area contributed by atoms with Gasteiger partial charge in [-0.25, -0.2) is 22.2 Å². The van der Waals surface area contributed by atoms with Crippen LogP contribution in [-0.2, 0) is 9.84 Å². The topological polar surface area (TPSA) is 62.8 Å². The van der Waals surface area contributed by atoms with Gasteiger partial charge in [0.15, 0.2) is 21.5 Å². The molecule has 1 heterocycles. The van der Waals surface area contributed by atoms with Crippen LogP contribution >= 0.6 is 0 Å². The second kappa shape index (κ2) is 4.63. The Morgan fingerprint density at radius 3 is 2.29 bits per heavy atom. The molecule has 3 aromatic rings. The molecule has 0 bridgehead atoms. The van der Waals surface area contributed by atoms with Gasteiger partial charge in [-0.15, -0.1) is 0 Å². The van der Waals surface area contributed by atoms with E-state index in [0.717, 1.165) is 18.4 Å². The Labute approximate surface area is 119 Å². The Morgan fingerprint density at radius 1 is 1.05 bits per heavy atom. The molecule has 3 rings (SSSR count). The molecule has 4 nitrogen and oxygen atoms in total. The van der Waals surface area contributed by atoms with Crippen molar-refractivity contribution in [3.8, 4) is 11.4 Å². The molecule has 0 spiro atoms. The van der Waals surface area contributed by atoms with Crippen LogP contribution in [0.15, 0.2) is 41.3 Å². The van der Waals surface area contributed by atoms with Crippen LogP contribution in [0, 0.1) is 11.6 Å². The Kier molecular flexibility index (Phi) is 3.02. The van der Waals surface area contributed by atoms with E-state index in [9.17, 15) is 17.2 Å². The molecule has 0 aliphatic heterocycles. The van der Waals surface area contributed by atoms with E-state index >= 15 is 0 Å². The number of rotatable bonds is 2. The highest BCUT2D eigenvalue weighted by Crippen LogP contribution is 2.23. The van der Waals surface area contributed by atoms with Gasteiger partial charge in [-0.1, -0.05) is 0 Å². The number of aromatic amines is 1. The quantitative estimate of drug-likeness (QED) is 0.792. The predicted molar refractivity (Wildman–Crippen MR) is 74.6 cm³/mol. The van der Waals surface area contributed by atoms with Crippen LogP contribution in [0.4, 0.5) is 8.78 Å². The number of nitrogens with zero attached hydrogens (tertiary/aromatic N) is 1. The highest BCUT2D eigenvalue weighted by molar-refractivity contribution is 7.90. The fourth-order valence-corrected chi connectivity index (χ4v) is 2.63. The predicted octanol–water partition coefficient (Wildman–Crippen LogP) is 2.91. The van der Waals surface area contributed by atoms with E-state index in [0.29, 0.717) is 22.4 Å². The normalized spacial score (nSPS) is 12.0. The number of halogens is 2. The summed E-state index contributed by atoms with van der Waals surface area (Å²) < 4.78 is 49.1. The van der Waals surface area contributed by atoms with Gasteiger partial charge in [0.1, 0.15) is 5.82 Å². The number of aromatic nitrogens is 2. The molecule has 21 heavy (non-hydrogen) atoms. The van der Waals surface area contributed by atoms with E-state index in [4.69, 9.17) is 0 Å². The molecule has 0 atom stereocenters. The summed E-state index contributed by atoms with van der Waals surface area (Å²) in [6.45, 7) is 0. The van der Waals surface area contributed by atoms with Gasteiger partial charge in [-0.05, 0) is 24.3 Å². The second-order valence-electron chi connectivity index (χ2n) is 4.67. The summed E-state index contributed by atoms with van der Waals surface area (Å²) in [5, 5.41) is 0. The van der Waals surface area contributed by atoms with Crippen molar-refractivity contribution in [3.05, 3.63) is 48.0 Å². The smallest absolute Gasteiger partial charge is 0.175 e. The molecule has 0 aliphatic rings. The number of H-pyrrole nitrogens is 1. The SMILES string of the molecule is CS(=O)(=O)c1ccc(-c2nc3cc(F)c(F)cc3[nH]2)cc1. The first-order valence-corrected chi connectivity index (χ1v) is 7.89. The molecule has 0 unspecified atom stereocenters. The zero-order valence-electron chi connectivity index (χ0n) is 10.9. The first kappa shape index (κ1) is 13.7. The Morgan fingerprint density at radius 2 is 1.67 bits per heavy atom. The minimum Gasteiger partial charge on any atom is -0.338 e. The maximum Gasteiger partial charge on any atom is 0.175 e. The monoisotopic (exact) mass is 308 g/mol. The first-order chi connectivity index (χ1) is 9.84. The van der Waals surface area contributed by atoms with Gasteiger partial charge in [0.2, 0.25) is 0 Å². The molecule has 0 saturated carbocycles. The van der Waals surface area contributed by atoms with Gasteiger partial charge in [0, 0.05) is 24.0 Å². The molecule has 1 aromatic heterocycles. The van der Waals surface area contributed by atoms with Crippen molar-refractivity contribution in [1.29, 1.82) is 0 Å². The third-order valence-electron chi connectivity index (χ3n) is 3.08. The van der Waals surface area contributed by atoms with E-state index in [1.54, 1.807) is 12.1 Å². The number of benzene rings is 2.